The van der Waals surface area contributed by atoms with E-state index in [0.717, 1.165) is 108 Å². The molecule has 0 aromatic carbocycles. The molecule has 0 fully saturated rings. The Morgan fingerprint density at radius 1 is 0.325 bits per heavy atom. The largest absolute Gasteiger partial charge is 0.472 e. The Morgan fingerprint density at radius 3 is 0.819 bits per heavy atom. The molecule has 2 unspecified atom stereocenters. The van der Waals surface area contributed by atoms with Crippen LogP contribution in [0, 0.1) is 17.8 Å². The molecular weight excluding hydrogens is 1100 g/mol. The number of carbonyl (C=O) groups is 4. The lowest BCUT2D eigenvalue weighted by molar-refractivity contribution is -0.161. The summed E-state index contributed by atoms with van der Waals surface area (Å²) in [5, 5.41) is 10.5. The maximum atomic E-state index is 13.0. The van der Waals surface area contributed by atoms with E-state index in [1.165, 1.54) is 116 Å². The fraction of sp³-hybridized carbons (Fsp3) is 0.938. The summed E-state index contributed by atoms with van der Waals surface area (Å²) in [5.41, 5.74) is 0. The van der Waals surface area contributed by atoms with Crippen molar-refractivity contribution in [1.82, 2.24) is 0 Å². The standard InChI is InChI=1S/C64H124O17P2/c1-8-9-10-11-12-13-14-15-25-33-40-47-63(68)80-60(52-75-62(67)46-39-32-27-20-23-30-37-44-57(6)7)54-79-83(72,73)77-50-58(65)49-76-82(70,71)78-53-59(81-64(69)48-41-34-26-19-17-22-29-36-43-56(4)5)51-74-61(66)45-38-31-24-18-16-21-28-35-42-55(2)3/h55-60,65H,8-54H2,1-7H3,(H,70,71)(H,72,73)/t58-,59-,60-/m1/s1. The number of hydrogen-bond donors (Lipinski definition) is 3. The molecule has 0 amide bonds. The minimum Gasteiger partial charge on any atom is -0.462 e. The second-order valence-electron chi connectivity index (χ2n) is 24.6. The lowest BCUT2D eigenvalue weighted by atomic mass is 10.0. The number of esters is 4. The van der Waals surface area contributed by atoms with Crippen LogP contribution in [0.2, 0.25) is 0 Å². The summed E-state index contributed by atoms with van der Waals surface area (Å²) in [6.07, 6.45) is 36.3. The molecule has 0 aliphatic carbocycles. The van der Waals surface area contributed by atoms with Crippen LogP contribution in [0.15, 0.2) is 0 Å². The second kappa shape index (κ2) is 55.4. The van der Waals surface area contributed by atoms with Gasteiger partial charge in [-0.05, 0) is 43.4 Å². The molecular formula is C64H124O17P2. The summed E-state index contributed by atoms with van der Waals surface area (Å²) in [6, 6.07) is 0. The van der Waals surface area contributed by atoms with E-state index in [2.05, 4.69) is 48.5 Å². The molecule has 0 aromatic heterocycles. The van der Waals surface area contributed by atoms with E-state index in [-0.39, 0.29) is 25.7 Å². The summed E-state index contributed by atoms with van der Waals surface area (Å²) in [5.74, 6) is 0.0125. The average Bonchev–Trinajstić information content (AvgIpc) is 3.45. The summed E-state index contributed by atoms with van der Waals surface area (Å²) in [6.45, 7) is 11.7. The van der Waals surface area contributed by atoms with Gasteiger partial charge in [0.05, 0.1) is 26.4 Å². The van der Waals surface area contributed by atoms with E-state index in [1.807, 2.05) is 0 Å². The van der Waals surface area contributed by atoms with Gasteiger partial charge >= 0.3 is 39.5 Å². The number of carbonyl (C=O) groups excluding carboxylic acids is 4. The first-order valence-corrected chi connectivity index (χ1v) is 36.3. The van der Waals surface area contributed by atoms with E-state index < -0.39 is 97.5 Å². The highest BCUT2D eigenvalue weighted by molar-refractivity contribution is 7.47. The molecule has 83 heavy (non-hydrogen) atoms. The highest BCUT2D eigenvalue weighted by Gasteiger charge is 2.30. The topological polar surface area (TPSA) is 237 Å². The van der Waals surface area contributed by atoms with E-state index in [0.29, 0.717) is 31.6 Å². The second-order valence-corrected chi connectivity index (χ2v) is 27.5. The fourth-order valence-corrected chi connectivity index (χ4v) is 11.1. The Balaban J connectivity index is 5.25. The van der Waals surface area contributed by atoms with Crippen molar-refractivity contribution in [3.8, 4) is 0 Å². The molecule has 0 radical (unpaired) electrons. The Labute approximate surface area is 505 Å². The van der Waals surface area contributed by atoms with Crippen LogP contribution in [0.3, 0.4) is 0 Å². The van der Waals surface area contributed by atoms with Crippen LogP contribution >= 0.6 is 15.6 Å². The summed E-state index contributed by atoms with van der Waals surface area (Å²) < 4.78 is 68.0. The van der Waals surface area contributed by atoms with Crippen molar-refractivity contribution in [1.29, 1.82) is 0 Å². The first kappa shape index (κ1) is 81.1. The zero-order chi connectivity index (χ0) is 61.7. The number of phosphoric ester groups is 2. The number of ether oxygens (including phenoxy) is 4. The number of hydrogen-bond acceptors (Lipinski definition) is 15. The van der Waals surface area contributed by atoms with Crippen LogP contribution < -0.4 is 0 Å². The molecule has 492 valence electrons. The molecule has 19 heteroatoms. The van der Waals surface area contributed by atoms with Crippen LogP contribution in [-0.2, 0) is 65.4 Å². The van der Waals surface area contributed by atoms with Gasteiger partial charge in [-0.2, -0.15) is 0 Å². The minimum atomic E-state index is -4.94. The van der Waals surface area contributed by atoms with Crippen molar-refractivity contribution in [2.24, 2.45) is 17.8 Å². The molecule has 0 aliphatic rings. The van der Waals surface area contributed by atoms with Gasteiger partial charge in [-0.25, -0.2) is 9.13 Å². The molecule has 0 aliphatic heterocycles. The molecule has 5 atom stereocenters. The third kappa shape index (κ3) is 58.8. The molecule has 17 nitrogen and oxygen atoms in total. The van der Waals surface area contributed by atoms with E-state index in [4.69, 9.17) is 37.0 Å². The Hall–Kier alpha value is -1.94. The van der Waals surface area contributed by atoms with Gasteiger partial charge in [-0.3, -0.25) is 37.3 Å². The van der Waals surface area contributed by atoms with Crippen molar-refractivity contribution in [2.45, 2.75) is 330 Å². The highest BCUT2D eigenvalue weighted by atomic mass is 31.2. The molecule has 0 rings (SSSR count). The zero-order valence-electron chi connectivity index (χ0n) is 53.6. The maximum absolute atomic E-state index is 13.0. The van der Waals surface area contributed by atoms with Gasteiger partial charge in [-0.1, -0.05) is 260 Å². The summed E-state index contributed by atoms with van der Waals surface area (Å²) in [7, 11) is -9.89. The molecule has 0 aromatic rings. The number of phosphoric acid groups is 2. The molecule has 0 heterocycles. The van der Waals surface area contributed by atoms with Crippen molar-refractivity contribution in [3.63, 3.8) is 0 Å². The lowest BCUT2D eigenvalue weighted by Crippen LogP contribution is -2.30. The van der Waals surface area contributed by atoms with Gasteiger partial charge in [0.15, 0.2) is 12.2 Å². The van der Waals surface area contributed by atoms with E-state index >= 15 is 0 Å². The lowest BCUT2D eigenvalue weighted by Gasteiger charge is -2.21. The van der Waals surface area contributed by atoms with Crippen molar-refractivity contribution in [3.05, 3.63) is 0 Å². The molecule has 0 saturated heterocycles. The van der Waals surface area contributed by atoms with Gasteiger partial charge in [0, 0.05) is 25.7 Å². The van der Waals surface area contributed by atoms with Crippen LogP contribution in [0.1, 0.15) is 312 Å². The van der Waals surface area contributed by atoms with Crippen LogP contribution in [0.4, 0.5) is 0 Å². The molecule has 3 N–H and O–H groups in total. The number of unbranched alkanes of at least 4 members (excludes halogenated alkanes) is 30. The average molecular weight is 1230 g/mol. The molecule has 0 bridgehead atoms. The SMILES string of the molecule is CCCCCCCCCCCCCC(=O)O[C@H](COC(=O)CCCCCCCCCC(C)C)COP(=O)(O)OC[C@H](O)COP(=O)(O)OC[C@@H](COC(=O)CCCCCCCCCCC(C)C)OC(=O)CCCCCCCCCCC(C)C. The molecule has 0 spiro atoms. The maximum Gasteiger partial charge on any atom is 0.472 e. The van der Waals surface area contributed by atoms with Crippen molar-refractivity contribution < 1.29 is 80.2 Å². The zero-order valence-corrected chi connectivity index (χ0v) is 55.4. The van der Waals surface area contributed by atoms with Crippen molar-refractivity contribution >= 4 is 39.5 Å². The predicted molar refractivity (Wildman–Crippen MR) is 331 cm³/mol. The fourth-order valence-electron chi connectivity index (χ4n) is 9.48. The number of rotatable bonds is 62. The minimum absolute atomic E-state index is 0.103. The number of aliphatic hydroxyl groups excluding tert-OH is 1. The normalized spacial score (nSPS) is 14.4. The summed E-state index contributed by atoms with van der Waals surface area (Å²) >= 11 is 0. The van der Waals surface area contributed by atoms with Crippen LogP contribution in [0.25, 0.3) is 0 Å². The van der Waals surface area contributed by atoms with Crippen molar-refractivity contribution in [2.75, 3.05) is 39.6 Å². The highest BCUT2D eigenvalue weighted by Crippen LogP contribution is 2.45. The Kier molecular flexibility index (Phi) is 54.1. The van der Waals surface area contributed by atoms with Gasteiger partial charge in [0.25, 0.3) is 0 Å². The van der Waals surface area contributed by atoms with Crippen LogP contribution in [0.5, 0.6) is 0 Å². The summed E-state index contributed by atoms with van der Waals surface area (Å²) in [4.78, 5) is 72.2. The van der Waals surface area contributed by atoms with Gasteiger partial charge < -0.3 is 33.8 Å². The van der Waals surface area contributed by atoms with E-state index in [1.54, 1.807) is 0 Å². The monoisotopic (exact) mass is 1230 g/mol. The van der Waals surface area contributed by atoms with Gasteiger partial charge in [0.1, 0.15) is 19.3 Å². The van der Waals surface area contributed by atoms with E-state index in [9.17, 15) is 43.2 Å². The number of aliphatic hydroxyl groups is 1. The predicted octanol–water partition coefficient (Wildman–Crippen LogP) is 17.5. The molecule has 0 saturated carbocycles. The Morgan fingerprint density at radius 2 is 0.554 bits per heavy atom. The van der Waals surface area contributed by atoms with Crippen LogP contribution in [-0.4, -0.2) is 96.7 Å². The van der Waals surface area contributed by atoms with Gasteiger partial charge in [-0.15, -0.1) is 0 Å². The quantitative estimate of drug-likeness (QED) is 0.0222. The third-order valence-electron chi connectivity index (χ3n) is 14.6. The van der Waals surface area contributed by atoms with Gasteiger partial charge in [0.2, 0.25) is 0 Å². The first-order chi connectivity index (χ1) is 39.7. The smallest absolute Gasteiger partial charge is 0.462 e. The Bertz CT molecular complexity index is 1650. The first-order valence-electron chi connectivity index (χ1n) is 33.3. The third-order valence-corrected chi connectivity index (χ3v) is 16.5.